The van der Waals surface area contributed by atoms with Crippen molar-refractivity contribution in [2.75, 3.05) is 18.4 Å². The maximum absolute atomic E-state index is 12.6. The van der Waals surface area contributed by atoms with Crippen LogP contribution in [0.25, 0.3) is 0 Å². The maximum Gasteiger partial charge on any atom is 0.255 e. The third-order valence-electron chi connectivity index (χ3n) is 4.73. The van der Waals surface area contributed by atoms with Gasteiger partial charge in [-0.05, 0) is 49.4 Å². The molecule has 0 unspecified atom stereocenters. The van der Waals surface area contributed by atoms with Gasteiger partial charge in [0.05, 0.1) is 22.5 Å². The lowest BCUT2D eigenvalue weighted by atomic mass is 9.91. The largest absolute Gasteiger partial charge is 0.339 e. The zero-order valence-corrected chi connectivity index (χ0v) is 15.3. The lowest BCUT2D eigenvalue weighted by Gasteiger charge is -2.32. The number of benzene rings is 1. The molecule has 0 spiro atoms. The Balaban J connectivity index is 1.43. The molecule has 1 aliphatic rings. The molecule has 5 nitrogen and oxygen atoms in total. The van der Waals surface area contributed by atoms with Gasteiger partial charge in [0, 0.05) is 25.7 Å². The van der Waals surface area contributed by atoms with Gasteiger partial charge in [-0.3, -0.25) is 14.6 Å². The summed E-state index contributed by atoms with van der Waals surface area (Å²) in [7, 11) is 0. The lowest BCUT2D eigenvalue weighted by molar-refractivity contribution is -0.116. The molecular weight excluding hydrogens is 350 g/mol. The smallest absolute Gasteiger partial charge is 0.255 e. The molecule has 6 heteroatoms. The molecule has 0 aliphatic carbocycles. The molecule has 0 radical (unpaired) electrons. The Kier molecular flexibility index (Phi) is 6.23. The minimum atomic E-state index is -0.0108. The van der Waals surface area contributed by atoms with Crippen LogP contribution in [-0.4, -0.2) is 34.8 Å². The van der Waals surface area contributed by atoms with Crippen molar-refractivity contribution < 1.29 is 9.59 Å². The first-order valence-electron chi connectivity index (χ1n) is 8.87. The number of anilines is 1. The van der Waals surface area contributed by atoms with E-state index in [-0.39, 0.29) is 11.8 Å². The number of carbonyl (C=O) groups is 2. The zero-order chi connectivity index (χ0) is 18.4. The summed E-state index contributed by atoms with van der Waals surface area (Å²) in [5.41, 5.74) is 1.28. The summed E-state index contributed by atoms with van der Waals surface area (Å²) in [6.45, 7) is 1.41. The Hall–Kier alpha value is -2.40. The van der Waals surface area contributed by atoms with Crippen molar-refractivity contribution >= 4 is 29.1 Å². The van der Waals surface area contributed by atoms with E-state index in [1.165, 1.54) is 0 Å². The molecule has 2 aromatic rings. The standard InChI is InChI=1S/C20H22ClN3O2/c21-18-6-2-1-5-17(18)20(26)24-12-9-15(10-13-24)7-8-19(25)23-16-4-3-11-22-14-16/h1-6,11,14-15H,7-10,12-13H2,(H,23,25). The van der Waals surface area contributed by atoms with E-state index in [1.807, 2.05) is 23.1 Å². The third-order valence-corrected chi connectivity index (χ3v) is 5.06. The first kappa shape index (κ1) is 18.4. The molecule has 136 valence electrons. The summed E-state index contributed by atoms with van der Waals surface area (Å²) in [5, 5.41) is 3.35. The Morgan fingerprint density at radius 1 is 1.15 bits per heavy atom. The second-order valence-electron chi connectivity index (χ2n) is 6.54. The first-order chi connectivity index (χ1) is 12.6. The number of pyridine rings is 1. The number of hydrogen-bond acceptors (Lipinski definition) is 3. The second kappa shape index (κ2) is 8.81. The number of aromatic nitrogens is 1. The quantitative estimate of drug-likeness (QED) is 0.863. The van der Waals surface area contributed by atoms with Gasteiger partial charge in [0.15, 0.2) is 0 Å². The minimum Gasteiger partial charge on any atom is -0.339 e. The van der Waals surface area contributed by atoms with E-state index >= 15 is 0 Å². The Morgan fingerprint density at radius 2 is 1.92 bits per heavy atom. The van der Waals surface area contributed by atoms with Crippen molar-refractivity contribution in [2.24, 2.45) is 5.92 Å². The molecule has 0 bridgehead atoms. The summed E-state index contributed by atoms with van der Waals surface area (Å²) in [6, 6.07) is 10.8. The average molecular weight is 372 g/mol. The van der Waals surface area contributed by atoms with Gasteiger partial charge >= 0.3 is 0 Å². The van der Waals surface area contributed by atoms with Crippen molar-refractivity contribution in [3.05, 3.63) is 59.4 Å². The first-order valence-corrected chi connectivity index (χ1v) is 9.25. The number of piperidine rings is 1. The molecule has 1 aliphatic heterocycles. The van der Waals surface area contributed by atoms with Crippen LogP contribution in [0.4, 0.5) is 5.69 Å². The van der Waals surface area contributed by atoms with Crippen LogP contribution in [0, 0.1) is 5.92 Å². The minimum absolute atomic E-state index is 0.00701. The number of halogens is 1. The molecule has 3 rings (SSSR count). The van der Waals surface area contributed by atoms with E-state index in [9.17, 15) is 9.59 Å². The van der Waals surface area contributed by atoms with Gasteiger partial charge in [0.1, 0.15) is 0 Å². The van der Waals surface area contributed by atoms with Gasteiger partial charge < -0.3 is 10.2 Å². The van der Waals surface area contributed by atoms with Crippen LogP contribution in [0.5, 0.6) is 0 Å². The molecule has 1 aromatic carbocycles. The predicted molar refractivity (Wildman–Crippen MR) is 102 cm³/mol. The Morgan fingerprint density at radius 3 is 2.62 bits per heavy atom. The number of hydrogen-bond donors (Lipinski definition) is 1. The highest BCUT2D eigenvalue weighted by Gasteiger charge is 2.25. The third kappa shape index (κ3) is 4.82. The number of nitrogens with zero attached hydrogens (tertiary/aromatic N) is 2. The van der Waals surface area contributed by atoms with Crippen LogP contribution in [-0.2, 0) is 4.79 Å². The van der Waals surface area contributed by atoms with E-state index < -0.39 is 0 Å². The van der Waals surface area contributed by atoms with Crippen LogP contribution in [0.3, 0.4) is 0 Å². The van der Waals surface area contributed by atoms with E-state index in [2.05, 4.69) is 10.3 Å². The molecule has 2 heterocycles. The molecule has 0 saturated carbocycles. The highest BCUT2D eigenvalue weighted by Crippen LogP contribution is 2.25. The molecular formula is C20H22ClN3O2. The van der Waals surface area contributed by atoms with E-state index in [4.69, 9.17) is 11.6 Å². The van der Waals surface area contributed by atoms with Crippen LogP contribution >= 0.6 is 11.6 Å². The monoisotopic (exact) mass is 371 g/mol. The van der Waals surface area contributed by atoms with Gasteiger partial charge in [0.25, 0.3) is 5.91 Å². The number of likely N-dealkylation sites (tertiary alicyclic amines) is 1. The van der Waals surface area contributed by atoms with E-state index in [0.29, 0.717) is 36.0 Å². The van der Waals surface area contributed by atoms with E-state index in [1.54, 1.807) is 30.6 Å². The Labute approximate surface area is 158 Å². The summed E-state index contributed by atoms with van der Waals surface area (Å²) < 4.78 is 0. The van der Waals surface area contributed by atoms with Crippen LogP contribution < -0.4 is 5.32 Å². The SMILES string of the molecule is O=C(CCC1CCN(C(=O)c2ccccc2Cl)CC1)Nc1cccnc1. The Bertz CT molecular complexity index is 759. The van der Waals surface area contributed by atoms with Gasteiger partial charge in [-0.15, -0.1) is 0 Å². The fourth-order valence-corrected chi connectivity index (χ4v) is 3.44. The second-order valence-corrected chi connectivity index (χ2v) is 6.95. The van der Waals surface area contributed by atoms with Gasteiger partial charge in [-0.25, -0.2) is 0 Å². The number of amides is 2. The molecule has 1 saturated heterocycles. The zero-order valence-electron chi connectivity index (χ0n) is 14.5. The fourth-order valence-electron chi connectivity index (χ4n) is 3.23. The highest BCUT2D eigenvalue weighted by atomic mass is 35.5. The normalized spacial score (nSPS) is 14.9. The van der Waals surface area contributed by atoms with Crippen molar-refractivity contribution in [3.63, 3.8) is 0 Å². The van der Waals surface area contributed by atoms with Crippen LogP contribution in [0.1, 0.15) is 36.0 Å². The van der Waals surface area contributed by atoms with Crippen LogP contribution in [0.2, 0.25) is 5.02 Å². The van der Waals surface area contributed by atoms with Crippen molar-refractivity contribution in [1.29, 1.82) is 0 Å². The predicted octanol–water partition coefficient (Wildman–Crippen LogP) is 4.01. The molecule has 26 heavy (non-hydrogen) atoms. The summed E-state index contributed by atoms with van der Waals surface area (Å²) in [4.78, 5) is 30.4. The van der Waals surface area contributed by atoms with Crippen LogP contribution in [0.15, 0.2) is 48.8 Å². The van der Waals surface area contributed by atoms with Gasteiger partial charge in [0.2, 0.25) is 5.91 Å². The van der Waals surface area contributed by atoms with Gasteiger partial charge in [-0.2, -0.15) is 0 Å². The summed E-state index contributed by atoms with van der Waals surface area (Å²) in [5.74, 6) is 0.459. The number of carbonyl (C=O) groups excluding carboxylic acids is 2. The van der Waals surface area contributed by atoms with Crippen molar-refractivity contribution in [2.45, 2.75) is 25.7 Å². The number of nitrogens with one attached hydrogen (secondary N) is 1. The molecule has 1 fully saturated rings. The molecule has 2 amide bonds. The van der Waals surface area contributed by atoms with Gasteiger partial charge in [-0.1, -0.05) is 23.7 Å². The van der Waals surface area contributed by atoms with Crippen molar-refractivity contribution in [3.8, 4) is 0 Å². The highest BCUT2D eigenvalue weighted by molar-refractivity contribution is 6.33. The molecule has 1 aromatic heterocycles. The number of rotatable bonds is 5. The maximum atomic E-state index is 12.6. The fraction of sp³-hybridized carbons (Fsp3) is 0.350. The summed E-state index contributed by atoms with van der Waals surface area (Å²) >= 11 is 6.12. The summed E-state index contributed by atoms with van der Waals surface area (Å²) in [6.07, 6.45) is 6.45. The van der Waals surface area contributed by atoms with E-state index in [0.717, 1.165) is 24.9 Å². The molecule has 1 N–H and O–H groups in total. The molecule has 0 atom stereocenters. The topological polar surface area (TPSA) is 62.3 Å². The average Bonchev–Trinajstić information content (AvgIpc) is 2.67. The van der Waals surface area contributed by atoms with Crippen molar-refractivity contribution in [1.82, 2.24) is 9.88 Å². The lowest BCUT2D eigenvalue weighted by Crippen LogP contribution is -2.38.